The molecule has 2 nitrogen and oxygen atoms in total. The standard InChI is InChI=1S/C9H10F2O2/c1-5-3-6(9(12)13-2)4-7(5)8(10)11/h3,5H,4H2,1-2H3/t5-/m0/s1. The van der Waals surface area contributed by atoms with Gasteiger partial charge in [-0.05, 0) is 0 Å². The quantitative estimate of drug-likeness (QED) is 0.590. The van der Waals surface area contributed by atoms with Crippen molar-refractivity contribution in [2.75, 3.05) is 7.11 Å². The summed E-state index contributed by atoms with van der Waals surface area (Å²) in [7, 11) is 1.24. The first kappa shape index (κ1) is 9.89. The number of rotatable bonds is 1. The van der Waals surface area contributed by atoms with E-state index in [9.17, 15) is 13.6 Å². The third-order valence-electron chi connectivity index (χ3n) is 2.07. The minimum Gasteiger partial charge on any atom is -0.466 e. The van der Waals surface area contributed by atoms with Gasteiger partial charge < -0.3 is 4.74 Å². The van der Waals surface area contributed by atoms with Gasteiger partial charge in [0.1, 0.15) is 0 Å². The molecule has 0 saturated heterocycles. The Morgan fingerprint density at radius 3 is 2.62 bits per heavy atom. The lowest BCUT2D eigenvalue weighted by Crippen LogP contribution is -2.02. The number of allylic oxidation sites excluding steroid dienone is 2. The SMILES string of the molecule is COC(=O)C1=C[C@H](C)C(=C(F)F)C1. The minimum absolute atomic E-state index is 0.0101. The number of carbonyl (C=O) groups is 1. The summed E-state index contributed by atoms with van der Waals surface area (Å²) < 4.78 is 28.9. The molecule has 0 N–H and O–H groups in total. The van der Waals surface area contributed by atoms with Crippen molar-refractivity contribution in [2.24, 2.45) is 5.92 Å². The Morgan fingerprint density at radius 1 is 1.62 bits per heavy atom. The highest BCUT2D eigenvalue weighted by molar-refractivity contribution is 5.89. The molecule has 13 heavy (non-hydrogen) atoms. The molecule has 0 aliphatic heterocycles. The normalized spacial score (nSPS) is 21.4. The summed E-state index contributed by atoms with van der Waals surface area (Å²) in [6, 6.07) is 0. The van der Waals surface area contributed by atoms with Gasteiger partial charge >= 0.3 is 5.97 Å². The zero-order valence-corrected chi connectivity index (χ0v) is 7.43. The van der Waals surface area contributed by atoms with Gasteiger partial charge in [-0.3, -0.25) is 0 Å². The third kappa shape index (κ3) is 1.94. The fraction of sp³-hybridized carbons (Fsp3) is 0.444. The molecule has 1 aliphatic rings. The predicted octanol–water partition coefficient (Wildman–Crippen LogP) is 2.28. The molecule has 0 heterocycles. The summed E-state index contributed by atoms with van der Waals surface area (Å²) in [5, 5.41) is 0. The molecule has 1 rings (SSSR count). The molecule has 72 valence electrons. The van der Waals surface area contributed by atoms with Gasteiger partial charge in [0.15, 0.2) is 0 Å². The van der Waals surface area contributed by atoms with Crippen molar-refractivity contribution in [3.05, 3.63) is 23.3 Å². The van der Waals surface area contributed by atoms with E-state index in [4.69, 9.17) is 0 Å². The van der Waals surface area contributed by atoms with Crippen molar-refractivity contribution in [3.63, 3.8) is 0 Å². The van der Waals surface area contributed by atoms with Crippen LogP contribution in [0.4, 0.5) is 8.78 Å². The Labute approximate surface area is 74.9 Å². The van der Waals surface area contributed by atoms with Crippen LogP contribution in [0.3, 0.4) is 0 Å². The molecule has 0 bridgehead atoms. The average Bonchev–Trinajstić information content (AvgIpc) is 2.46. The highest BCUT2D eigenvalue weighted by Crippen LogP contribution is 2.33. The number of hydrogen-bond donors (Lipinski definition) is 0. The molecule has 0 fully saturated rings. The molecule has 1 atom stereocenters. The van der Waals surface area contributed by atoms with Crippen molar-refractivity contribution < 1.29 is 18.3 Å². The summed E-state index contributed by atoms with van der Waals surface area (Å²) in [4.78, 5) is 11.0. The molecule has 0 amide bonds. The van der Waals surface area contributed by atoms with Gasteiger partial charge in [-0.25, -0.2) is 4.79 Å². The summed E-state index contributed by atoms with van der Waals surface area (Å²) >= 11 is 0. The highest BCUT2D eigenvalue weighted by atomic mass is 19.3. The maximum atomic E-state index is 12.2. The number of ether oxygens (including phenoxy) is 1. The van der Waals surface area contributed by atoms with E-state index in [1.165, 1.54) is 13.2 Å². The van der Waals surface area contributed by atoms with Crippen LogP contribution in [0.5, 0.6) is 0 Å². The van der Waals surface area contributed by atoms with E-state index in [0.29, 0.717) is 5.57 Å². The van der Waals surface area contributed by atoms with Gasteiger partial charge in [-0.2, -0.15) is 8.78 Å². The van der Waals surface area contributed by atoms with Crippen LogP contribution in [-0.2, 0) is 9.53 Å². The maximum absolute atomic E-state index is 12.2. The topological polar surface area (TPSA) is 26.3 Å². The second-order valence-corrected chi connectivity index (χ2v) is 2.93. The van der Waals surface area contributed by atoms with Crippen molar-refractivity contribution in [1.82, 2.24) is 0 Å². The van der Waals surface area contributed by atoms with Crippen LogP contribution >= 0.6 is 0 Å². The fourth-order valence-electron chi connectivity index (χ4n) is 1.34. The van der Waals surface area contributed by atoms with Crippen molar-refractivity contribution in [1.29, 1.82) is 0 Å². The number of hydrogen-bond acceptors (Lipinski definition) is 2. The third-order valence-corrected chi connectivity index (χ3v) is 2.07. The fourth-order valence-corrected chi connectivity index (χ4v) is 1.34. The molecule has 0 radical (unpaired) electrons. The van der Waals surface area contributed by atoms with Crippen LogP contribution in [0.2, 0.25) is 0 Å². The Hall–Kier alpha value is -1.19. The lowest BCUT2D eigenvalue weighted by Gasteiger charge is -2.00. The summed E-state index contributed by atoms with van der Waals surface area (Å²) in [6.45, 7) is 1.63. The molecule has 0 aromatic carbocycles. The molecule has 0 saturated carbocycles. The molecule has 0 spiro atoms. The maximum Gasteiger partial charge on any atom is 0.333 e. The highest BCUT2D eigenvalue weighted by Gasteiger charge is 2.26. The second kappa shape index (κ2) is 3.68. The Balaban J connectivity index is 2.83. The number of halogens is 2. The van der Waals surface area contributed by atoms with E-state index in [1.807, 2.05) is 0 Å². The van der Waals surface area contributed by atoms with Gasteiger partial charge in [0.25, 0.3) is 6.08 Å². The average molecular weight is 188 g/mol. The van der Waals surface area contributed by atoms with Gasteiger partial charge in [0, 0.05) is 23.5 Å². The molecule has 0 unspecified atom stereocenters. The van der Waals surface area contributed by atoms with Crippen molar-refractivity contribution in [2.45, 2.75) is 13.3 Å². The van der Waals surface area contributed by atoms with E-state index in [2.05, 4.69) is 4.74 Å². The lowest BCUT2D eigenvalue weighted by molar-refractivity contribution is -0.136. The molecule has 1 aliphatic carbocycles. The summed E-state index contributed by atoms with van der Waals surface area (Å²) in [5.41, 5.74) is 0.332. The van der Waals surface area contributed by atoms with Crippen LogP contribution in [0.1, 0.15) is 13.3 Å². The van der Waals surface area contributed by atoms with Crippen LogP contribution in [0.15, 0.2) is 23.3 Å². The Kier molecular flexibility index (Phi) is 2.80. The predicted molar refractivity (Wildman–Crippen MR) is 43.1 cm³/mol. The number of methoxy groups -OCH3 is 1. The lowest BCUT2D eigenvalue weighted by atomic mass is 10.1. The number of esters is 1. The van der Waals surface area contributed by atoms with Gasteiger partial charge in [-0.15, -0.1) is 0 Å². The molecule has 4 heteroatoms. The first-order chi connectivity index (χ1) is 6.06. The van der Waals surface area contributed by atoms with Crippen LogP contribution < -0.4 is 0 Å². The van der Waals surface area contributed by atoms with E-state index >= 15 is 0 Å². The summed E-state index contributed by atoms with van der Waals surface area (Å²) in [5.74, 6) is -0.887. The smallest absolute Gasteiger partial charge is 0.333 e. The van der Waals surface area contributed by atoms with E-state index in [-0.39, 0.29) is 17.9 Å². The zero-order chi connectivity index (χ0) is 10.0. The van der Waals surface area contributed by atoms with Crippen LogP contribution in [0, 0.1) is 5.92 Å². The van der Waals surface area contributed by atoms with Crippen molar-refractivity contribution >= 4 is 5.97 Å². The van der Waals surface area contributed by atoms with Crippen LogP contribution in [-0.4, -0.2) is 13.1 Å². The number of carbonyl (C=O) groups excluding carboxylic acids is 1. The summed E-state index contributed by atoms with van der Waals surface area (Å²) in [6.07, 6.45) is -0.168. The van der Waals surface area contributed by atoms with Crippen LogP contribution in [0.25, 0.3) is 0 Å². The second-order valence-electron chi connectivity index (χ2n) is 2.93. The van der Waals surface area contributed by atoms with E-state index in [1.54, 1.807) is 6.92 Å². The zero-order valence-electron chi connectivity index (χ0n) is 7.43. The minimum atomic E-state index is -1.69. The monoisotopic (exact) mass is 188 g/mol. The van der Waals surface area contributed by atoms with Gasteiger partial charge in [0.2, 0.25) is 0 Å². The first-order valence-electron chi connectivity index (χ1n) is 3.89. The molecular formula is C9H10F2O2. The largest absolute Gasteiger partial charge is 0.466 e. The molecule has 0 aromatic heterocycles. The van der Waals surface area contributed by atoms with Crippen molar-refractivity contribution in [3.8, 4) is 0 Å². The van der Waals surface area contributed by atoms with Gasteiger partial charge in [-0.1, -0.05) is 13.0 Å². The van der Waals surface area contributed by atoms with Gasteiger partial charge in [0.05, 0.1) is 7.11 Å². The first-order valence-corrected chi connectivity index (χ1v) is 3.89. The van der Waals surface area contributed by atoms with E-state index in [0.717, 1.165) is 0 Å². The van der Waals surface area contributed by atoms with E-state index < -0.39 is 12.0 Å². The molecule has 0 aromatic rings. The Morgan fingerprint density at radius 2 is 2.23 bits per heavy atom. The Bertz CT molecular complexity index is 288. The molecular weight excluding hydrogens is 178 g/mol.